The van der Waals surface area contributed by atoms with Crippen molar-refractivity contribution in [2.75, 3.05) is 0 Å². The molecule has 0 aliphatic carbocycles. The van der Waals surface area contributed by atoms with E-state index in [1.54, 1.807) is 55.3 Å². The molecule has 0 saturated heterocycles. The Kier molecular flexibility index (Phi) is 5.97. The largest absolute Gasteiger partial charge is 0.312 e. The third kappa shape index (κ3) is 4.79. The molecule has 2 aromatic carbocycles. The molecule has 8 heteroatoms. The highest BCUT2D eigenvalue weighted by Crippen LogP contribution is 2.20. The molecule has 0 fully saturated rings. The van der Waals surface area contributed by atoms with Gasteiger partial charge in [0, 0.05) is 23.9 Å². The van der Waals surface area contributed by atoms with Crippen molar-refractivity contribution in [3.63, 3.8) is 0 Å². The van der Waals surface area contributed by atoms with Gasteiger partial charge in [-0.3, -0.25) is 4.79 Å². The maximum absolute atomic E-state index is 13.7. The van der Waals surface area contributed by atoms with Crippen molar-refractivity contribution >= 4 is 23.4 Å². The molecule has 3 aromatic rings. The lowest BCUT2D eigenvalue weighted by Gasteiger charge is -2.05. The van der Waals surface area contributed by atoms with E-state index in [-0.39, 0.29) is 11.7 Å². The van der Waals surface area contributed by atoms with Crippen molar-refractivity contribution in [3.8, 4) is 0 Å². The number of hydrazone groups is 1. The van der Waals surface area contributed by atoms with Crippen LogP contribution in [0, 0.1) is 5.82 Å². The lowest BCUT2D eigenvalue weighted by molar-refractivity contribution is 0.0955. The number of nitrogens with zero attached hydrogens (tertiary/aromatic N) is 4. The van der Waals surface area contributed by atoms with E-state index in [1.165, 1.54) is 6.07 Å². The summed E-state index contributed by atoms with van der Waals surface area (Å²) in [5.41, 5.74) is 4.76. The van der Waals surface area contributed by atoms with Gasteiger partial charge in [-0.15, -0.1) is 10.2 Å². The van der Waals surface area contributed by atoms with E-state index >= 15 is 0 Å². The van der Waals surface area contributed by atoms with E-state index in [2.05, 4.69) is 20.7 Å². The first kappa shape index (κ1) is 18.8. The van der Waals surface area contributed by atoms with Crippen molar-refractivity contribution in [1.29, 1.82) is 0 Å². The molecule has 1 N–H and O–H groups in total. The molecule has 0 bridgehead atoms. The molecule has 0 aliphatic heterocycles. The Morgan fingerprint density at radius 2 is 1.96 bits per heavy atom. The summed E-state index contributed by atoms with van der Waals surface area (Å²) >= 11 is 1.57. The van der Waals surface area contributed by atoms with Crippen LogP contribution in [-0.4, -0.2) is 26.4 Å². The number of halogens is 1. The lowest BCUT2D eigenvalue weighted by atomic mass is 10.1. The van der Waals surface area contributed by atoms with Crippen LogP contribution in [0.2, 0.25) is 0 Å². The minimum Gasteiger partial charge on any atom is -0.312 e. The molecule has 3 rings (SSSR count). The molecule has 0 radical (unpaired) electrons. The van der Waals surface area contributed by atoms with Gasteiger partial charge in [0.1, 0.15) is 12.1 Å². The SMILES string of the molecule is C/C(=N/NC(=O)c1ccc(CSc2nncn2C)cc1)c1ccccc1F. The fourth-order valence-electron chi connectivity index (χ4n) is 2.32. The number of carbonyl (C=O) groups excluding carboxylic acids is 1. The van der Waals surface area contributed by atoms with E-state index in [0.29, 0.717) is 16.8 Å². The molecular weight excluding hydrogens is 365 g/mol. The number of thioether (sulfide) groups is 1. The summed E-state index contributed by atoms with van der Waals surface area (Å²) in [6.45, 7) is 1.64. The number of amides is 1. The van der Waals surface area contributed by atoms with Crippen molar-refractivity contribution in [2.45, 2.75) is 17.8 Å². The predicted molar refractivity (Wildman–Crippen MR) is 103 cm³/mol. The first-order valence-corrected chi connectivity index (χ1v) is 9.18. The molecule has 1 amide bonds. The molecule has 6 nitrogen and oxygen atoms in total. The Morgan fingerprint density at radius 3 is 2.63 bits per heavy atom. The van der Waals surface area contributed by atoms with E-state index in [0.717, 1.165) is 16.5 Å². The highest BCUT2D eigenvalue weighted by molar-refractivity contribution is 7.98. The van der Waals surface area contributed by atoms with Gasteiger partial charge in [0.25, 0.3) is 5.91 Å². The Labute approximate surface area is 160 Å². The smallest absolute Gasteiger partial charge is 0.271 e. The zero-order valence-corrected chi connectivity index (χ0v) is 15.7. The maximum atomic E-state index is 13.7. The highest BCUT2D eigenvalue weighted by Gasteiger charge is 2.08. The van der Waals surface area contributed by atoms with Crippen molar-refractivity contribution in [3.05, 3.63) is 77.4 Å². The first-order chi connectivity index (χ1) is 13.0. The van der Waals surface area contributed by atoms with Crippen LogP contribution in [0.25, 0.3) is 0 Å². The second-order valence-corrected chi connectivity index (χ2v) is 6.77. The number of hydrogen-bond donors (Lipinski definition) is 1. The van der Waals surface area contributed by atoms with Gasteiger partial charge in [0.15, 0.2) is 5.16 Å². The third-order valence-electron chi connectivity index (χ3n) is 3.84. The van der Waals surface area contributed by atoms with Crippen LogP contribution < -0.4 is 5.43 Å². The monoisotopic (exact) mass is 383 g/mol. The normalized spacial score (nSPS) is 11.4. The van der Waals surface area contributed by atoms with Crippen molar-refractivity contribution in [1.82, 2.24) is 20.2 Å². The van der Waals surface area contributed by atoms with Crippen LogP contribution in [0.4, 0.5) is 4.39 Å². The summed E-state index contributed by atoms with van der Waals surface area (Å²) in [6, 6.07) is 13.5. The third-order valence-corrected chi connectivity index (χ3v) is 4.95. The fraction of sp³-hybridized carbons (Fsp3) is 0.158. The molecule has 0 saturated carbocycles. The van der Waals surface area contributed by atoms with Gasteiger partial charge in [-0.2, -0.15) is 5.10 Å². The summed E-state index contributed by atoms with van der Waals surface area (Å²) < 4.78 is 15.6. The van der Waals surface area contributed by atoms with Gasteiger partial charge in [-0.1, -0.05) is 42.1 Å². The fourth-order valence-corrected chi connectivity index (χ4v) is 3.16. The summed E-state index contributed by atoms with van der Waals surface area (Å²) in [6.07, 6.45) is 1.65. The van der Waals surface area contributed by atoms with Crippen molar-refractivity contribution in [2.24, 2.45) is 12.1 Å². The number of benzene rings is 2. The number of carbonyl (C=O) groups is 1. The van der Waals surface area contributed by atoms with E-state index < -0.39 is 0 Å². The standard InChI is InChI=1S/C19H18FN5OS/c1-13(16-5-3-4-6-17(16)20)22-23-18(26)15-9-7-14(8-10-15)11-27-19-24-21-12-25(19)2/h3-10,12H,11H2,1-2H3,(H,23,26)/b22-13-. The second kappa shape index (κ2) is 8.59. The summed E-state index contributed by atoms with van der Waals surface area (Å²) in [5.74, 6) is -0.00476. The number of rotatable bonds is 6. The number of hydrogen-bond acceptors (Lipinski definition) is 5. The van der Waals surface area contributed by atoms with Gasteiger partial charge in [0.05, 0.1) is 5.71 Å². The molecule has 0 spiro atoms. The number of nitrogens with one attached hydrogen (secondary N) is 1. The molecular formula is C19H18FN5OS. The molecule has 1 heterocycles. The Bertz CT molecular complexity index is 968. The quantitative estimate of drug-likeness (QED) is 0.402. The van der Waals surface area contributed by atoms with Crippen LogP contribution in [-0.2, 0) is 12.8 Å². The number of aryl methyl sites for hydroxylation is 1. The molecule has 0 unspecified atom stereocenters. The first-order valence-electron chi connectivity index (χ1n) is 8.20. The molecule has 138 valence electrons. The topological polar surface area (TPSA) is 72.2 Å². The van der Waals surface area contributed by atoms with E-state index in [1.807, 2.05) is 23.7 Å². The van der Waals surface area contributed by atoms with Crippen molar-refractivity contribution < 1.29 is 9.18 Å². The van der Waals surface area contributed by atoms with Gasteiger partial charge >= 0.3 is 0 Å². The van der Waals surface area contributed by atoms with Crippen LogP contribution in [0.15, 0.2) is 65.1 Å². The van der Waals surface area contributed by atoms with Crippen LogP contribution in [0.3, 0.4) is 0 Å². The zero-order chi connectivity index (χ0) is 19.2. The second-order valence-electron chi connectivity index (χ2n) is 5.83. The predicted octanol–water partition coefficient (Wildman–Crippen LogP) is 3.40. The van der Waals surface area contributed by atoms with Crippen LogP contribution >= 0.6 is 11.8 Å². The summed E-state index contributed by atoms with van der Waals surface area (Å²) in [7, 11) is 1.89. The number of aromatic nitrogens is 3. The lowest BCUT2D eigenvalue weighted by Crippen LogP contribution is -2.19. The van der Waals surface area contributed by atoms with E-state index in [4.69, 9.17) is 0 Å². The maximum Gasteiger partial charge on any atom is 0.271 e. The Morgan fingerprint density at radius 1 is 1.22 bits per heavy atom. The van der Waals surface area contributed by atoms with Crippen LogP contribution in [0.5, 0.6) is 0 Å². The Hall–Kier alpha value is -3.00. The zero-order valence-electron chi connectivity index (χ0n) is 14.9. The summed E-state index contributed by atoms with van der Waals surface area (Å²) in [5, 5.41) is 12.7. The molecule has 0 atom stereocenters. The minimum absolute atomic E-state index is 0.349. The highest BCUT2D eigenvalue weighted by atomic mass is 32.2. The molecule has 27 heavy (non-hydrogen) atoms. The van der Waals surface area contributed by atoms with Crippen LogP contribution in [0.1, 0.15) is 28.4 Å². The van der Waals surface area contributed by atoms with Gasteiger partial charge in [-0.05, 0) is 30.7 Å². The summed E-state index contributed by atoms with van der Waals surface area (Å²) in [4.78, 5) is 12.2. The van der Waals surface area contributed by atoms with E-state index in [9.17, 15) is 9.18 Å². The molecule has 1 aromatic heterocycles. The van der Waals surface area contributed by atoms with Gasteiger partial charge in [-0.25, -0.2) is 9.82 Å². The van der Waals surface area contributed by atoms with Gasteiger partial charge in [0.2, 0.25) is 0 Å². The molecule has 0 aliphatic rings. The average molecular weight is 383 g/mol. The average Bonchev–Trinajstić information content (AvgIpc) is 3.10. The minimum atomic E-state index is -0.377. The Balaban J connectivity index is 1.59. The van der Waals surface area contributed by atoms with Gasteiger partial charge < -0.3 is 4.57 Å².